The Kier molecular flexibility index (Phi) is 6.88. The van der Waals surface area contributed by atoms with Crippen LogP contribution in [0.2, 0.25) is 15.1 Å². The van der Waals surface area contributed by atoms with Crippen LogP contribution in [0, 0.1) is 20.2 Å². The van der Waals surface area contributed by atoms with Crippen LogP contribution in [-0.2, 0) is 0 Å². The Morgan fingerprint density at radius 3 is 2.19 bits per heavy atom. The Labute approximate surface area is 193 Å². The van der Waals surface area contributed by atoms with E-state index >= 15 is 0 Å². The number of anilines is 3. The third-order valence-corrected chi connectivity index (χ3v) is 4.59. The topological polar surface area (TPSA) is 165 Å². The van der Waals surface area contributed by atoms with Crippen LogP contribution in [0.5, 0.6) is 0 Å². The van der Waals surface area contributed by atoms with E-state index < -0.39 is 27.1 Å². The van der Waals surface area contributed by atoms with Crippen molar-refractivity contribution in [1.82, 2.24) is 15.4 Å². The fourth-order valence-corrected chi connectivity index (χ4v) is 3.19. The number of nitrogens with zero attached hydrogens (tertiary/aromatic N) is 4. The van der Waals surface area contributed by atoms with Gasteiger partial charge in [-0.3, -0.25) is 35.9 Å². The van der Waals surface area contributed by atoms with Gasteiger partial charge in [0.05, 0.1) is 9.85 Å². The lowest BCUT2D eigenvalue weighted by atomic mass is 10.2. The molecule has 0 saturated carbocycles. The van der Waals surface area contributed by atoms with E-state index in [0.29, 0.717) is 15.7 Å². The van der Waals surface area contributed by atoms with Crippen molar-refractivity contribution in [2.24, 2.45) is 0 Å². The normalized spacial score (nSPS) is 10.3. The molecule has 0 radical (unpaired) electrons. The first-order valence-electron chi connectivity index (χ1n) is 8.38. The minimum atomic E-state index is -0.825. The maximum Gasteiger partial charge on any atom is 0.355 e. The van der Waals surface area contributed by atoms with Crippen LogP contribution >= 0.6 is 34.8 Å². The largest absolute Gasteiger partial charge is 0.355 e. The smallest absolute Gasteiger partial charge is 0.334 e. The first-order chi connectivity index (χ1) is 15.2. The molecule has 0 atom stereocenters. The molecule has 2 aromatic carbocycles. The summed E-state index contributed by atoms with van der Waals surface area (Å²) in [5.74, 6) is -1.38. The van der Waals surface area contributed by atoms with Crippen molar-refractivity contribution < 1.29 is 14.6 Å². The maximum atomic E-state index is 12.3. The predicted molar refractivity (Wildman–Crippen MR) is 118 cm³/mol. The van der Waals surface area contributed by atoms with Crippen molar-refractivity contribution in [3.8, 4) is 0 Å². The SMILES string of the molecule is O=C(NNc1ncnc(Nc2cc(Cl)cc(Cl)c2)c1[N+](=O)[O-])c1ccc(Cl)c([N+](=O)[O-])c1. The molecule has 3 aromatic rings. The average molecular weight is 499 g/mol. The van der Waals surface area contributed by atoms with Crippen LogP contribution in [0.3, 0.4) is 0 Å². The maximum absolute atomic E-state index is 12.3. The first kappa shape index (κ1) is 22.9. The summed E-state index contributed by atoms with van der Waals surface area (Å²) in [4.78, 5) is 41.0. The van der Waals surface area contributed by atoms with Crippen LogP contribution in [0.1, 0.15) is 10.4 Å². The number of carbonyl (C=O) groups excluding carboxylic acids is 1. The van der Waals surface area contributed by atoms with Crippen molar-refractivity contribution in [3.05, 3.63) is 83.6 Å². The van der Waals surface area contributed by atoms with Crippen molar-refractivity contribution in [2.45, 2.75) is 0 Å². The number of halogens is 3. The van der Waals surface area contributed by atoms with Crippen molar-refractivity contribution >= 4 is 69.4 Å². The molecule has 0 bridgehead atoms. The van der Waals surface area contributed by atoms with Crippen molar-refractivity contribution in [3.63, 3.8) is 0 Å². The van der Waals surface area contributed by atoms with Gasteiger partial charge in [0.1, 0.15) is 11.3 Å². The number of hydrazine groups is 1. The molecule has 1 amide bonds. The van der Waals surface area contributed by atoms with Crippen molar-refractivity contribution in [2.75, 3.05) is 10.7 Å². The molecule has 0 aliphatic heterocycles. The van der Waals surface area contributed by atoms with Crippen molar-refractivity contribution in [1.29, 1.82) is 0 Å². The molecule has 0 saturated heterocycles. The molecule has 3 N–H and O–H groups in total. The summed E-state index contributed by atoms with van der Waals surface area (Å²) in [6, 6.07) is 7.82. The molecule has 0 unspecified atom stereocenters. The fraction of sp³-hybridized carbons (Fsp3) is 0. The number of hydrogen-bond acceptors (Lipinski definition) is 9. The van der Waals surface area contributed by atoms with Gasteiger partial charge < -0.3 is 5.32 Å². The molecule has 164 valence electrons. The second kappa shape index (κ2) is 9.60. The average Bonchev–Trinajstić information content (AvgIpc) is 2.71. The van der Waals surface area contributed by atoms with Gasteiger partial charge >= 0.3 is 5.69 Å². The number of aromatic nitrogens is 2. The van der Waals surface area contributed by atoms with E-state index in [0.717, 1.165) is 12.4 Å². The summed E-state index contributed by atoms with van der Waals surface area (Å²) >= 11 is 17.6. The highest BCUT2D eigenvalue weighted by molar-refractivity contribution is 6.35. The van der Waals surface area contributed by atoms with E-state index in [1.807, 2.05) is 0 Å². The van der Waals surface area contributed by atoms with Gasteiger partial charge in [-0.25, -0.2) is 9.97 Å². The quantitative estimate of drug-likeness (QED) is 0.307. The summed E-state index contributed by atoms with van der Waals surface area (Å²) in [5.41, 5.74) is 3.65. The van der Waals surface area contributed by atoms with Gasteiger partial charge in [0.15, 0.2) is 0 Å². The fourth-order valence-electron chi connectivity index (χ4n) is 2.48. The third-order valence-electron chi connectivity index (χ3n) is 3.83. The summed E-state index contributed by atoms with van der Waals surface area (Å²) in [6.07, 6.45) is 1.02. The molecule has 0 fully saturated rings. The monoisotopic (exact) mass is 497 g/mol. The summed E-state index contributed by atoms with van der Waals surface area (Å²) < 4.78 is 0. The van der Waals surface area contributed by atoms with Crippen LogP contribution in [0.15, 0.2) is 42.7 Å². The van der Waals surface area contributed by atoms with E-state index in [-0.39, 0.29) is 22.2 Å². The molecule has 12 nitrogen and oxygen atoms in total. The molecule has 3 rings (SSSR count). The van der Waals surface area contributed by atoms with Crippen LogP contribution in [0.4, 0.5) is 28.7 Å². The molecule has 32 heavy (non-hydrogen) atoms. The zero-order valence-corrected chi connectivity index (χ0v) is 17.8. The first-order valence-corrected chi connectivity index (χ1v) is 9.52. The molecular weight excluding hydrogens is 489 g/mol. The summed E-state index contributed by atoms with van der Waals surface area (Å²) in [5, 5.41) is 25.8. The highest BCUT2D eigenvalue weighted by Crippen LogP contribution is 2.32. The van der Waals surface area contributed by atoms with Gasteiger partial charge in [-0.05, 0) is 30.3 Å². The number of nitro benzene ring substituents is 1. The Morgan fingerprint density at radius 1 is 0.906 bits per heavy atom. The van der Waals surface area contributed by atoms with E-state index in [1.54, 1.807) is 0 Å². The summed E-state index contributed by atoms with van der Waals surface area (Å²) in [6.45, 7) is 0. The molecular formula is C17H10Cl3N7O5. The molecule has 15 heteroatoms. The van der Waals surface area contributed by atoms with E-state index in [1.165, 1.54) is 30.3 Å². The Morgan fingerprint density at radius 2 is 1.56 bits per heavy atom. The zero-order chi connectivity index (χ0) is 23.4. The van der Waals surface area contributed by atoms with Gasteiger partial charge in [0.25, 0.3) is 11.6 Å². The number of nitro groups is 2. The standard InChI is InChI=1S/C17H10Cl3N7O5/c18-9-4-10(19)6-11(5-9)23-15-14(27(31)32)16(22-7-21-15)24-25-17(28)8-1-2-12(20)13(3-8)26(29)30/h1-7H,(H,25,28)(H2,21,22,23,24). The van der Waals surface area contributed by atoms with E-state index in [9.17, 15) is 25.0 Å². The van der Waals surface area contributed by atoms with Gasteiger partial charge in [0, 0.05) is 27.4 Å². The predicted octanol–water partition coefficient (Wildman–Crippen LogP) is 4.75. The number of hydrogen-bond donors (Lipinski definition) is 3. The minimum absolute atomic E-state index is 0.114. The highest BCUT2D eigenvalue weighted by atomic mass is 35.5. The van der Waals surface area contributed by atoms with Crippen LogP contribution in [0.25, 0.3) is 0 Å². The minimum Gasteiger partial charge on any atom is -0.334 e. The number of amides is 1. The zero-order valence-electron chi connectivity index (χ0n) is 15.5. The summed E-state index contributed by atoms with van der Waals surface area (Å²) in [7, 11) is 0. The molecule has 0 spiro atoms. The molecule has 1 heterocycles. The van der Waals surface area contributed by atoms with Gasteiger partial charge in [0.2, 0.25) is 11.6 Å². The Hall–Kier alpha value is -3.74. The van der Waals surface area contributed by atoms with Gasteiger partial charge in [-0.15, -0.1) is 0 Å². The van der Waals surface area contributed by atoms with Crippen LogP contribution in [-0.4, -0.2) is 25.7 Å². The number of carbonyl (C=O) groups is 1. The Bertz CT molecular complexity index is 1220. The van der Waals surface area contributed by atoms with E-state index in [2.05, 4.69) is 26.1 Å². The van der Waals surface area contributed by atoms with Gasteiger partial charge in [-0.1, -0.05) is 34.8 Å². The molecule has 0 aliphatic rings. The highest BCUT2D eigenvalue weighted by Gasteiger charge is 2.24. The molecule has 1 aromatic heterocycles. The van der Waals surface area contributed by atoms with E-state index in [4.69, 9.17) is 34.8 Å². The number of nitrogens with one attached hydrogen (secondary N) is 3. The second-order valence-corrected chi connectivity index (χ2v) is 7.24. The van der Waals surface area contributed by atoms with Crippen LogP contribution < -0.4 is 16.2 Å². The molecule has 0 aliphatic carbocycles. The third kappa shape index (κ3) is 5.29. The number of benzene rings is 2. The lowest BCUT2D eigenvalue weighted by Gasteiger charge is -2.11. The lowest BCUT2D eigenvalue weighted by molar-refractivity contribution is -0.384. The Balaban J connectivity index is 1.85. The van der Waals surface area contributed by atoms with Gasteiger partial charge in [-0.2, -0.15) is 0 Å². The number of rotatable bonds is 7. The second-order valence-electron chi connectivity index (χ2n) is 5.96. The lowest BCUT2D eigenvalue weighted by Crippen LogP contribution is -2.30.